The zero-order valence-electron chi connectivity index (χ0n) is 11.2. The Hall–Kier alpha value is -2.01. The van der Waals surface area contributed by atoms with E-state index >= 15 is 0 Å². The van der Waals surface area contributed by atoms with Gasteiger partial charge in [-0.25, -0.2) is 4.68 Å². The molecule has 0 atom stereocenters. The van der Waals surface area contributed by atoms with E-state index in [0.717, 1.165) is 0 Å². The Morgan fingerprint density at radius 3 is 2.65 bits per heavy atom. The fraction of sp³-hybridized carbons (Fsp3) is 0.286. The number of carbonyl (C=O) groups is 1. The lowest BCUT2D eigenvalue weighted by molar-refractivity contribution is 0.107. The van der Waals surface area contributed by atoms with Crippen LogP contribution in [0.4, 0.5) is 0 Å². The highest BCUT2D eigenvalue weighted by Crippen LogP contribution is 2.14. The van der Waals surface area contributed by atoms with E-state index in [9.17, 15) is 9.59 Å². The summed E-state index contributed by atoms with van der Waals surface area (Å²) >= 11 is 5.48. The summed E-state index contributed by atoms with van der Waals surface area (Å²) in [5.41, 5.74) is 0.486. The van der Waals surface area contributed by atoms with Gasteiger partial charge in [-0.2, -0.15) is 5.10 Å². The third-order valence-electron chi connectivity index (χ3n) is 2.65. The standard InChI is InChI=1S/C14H14ClN3O2/c1-9(2)8-18-14(20)10(13(15)19)7-12(17-18)11-5-3-4-6-16-11/h3-7,9H,8H2,1-2H3. The third-order valence-corrected chi connectivity index (χ3v) is 2.86. The largest absolute Gasteiger partial charge is 0.279 e. The Morgan fingerprint density at radius 2 is 2.10 bits per heavy atom. The number of aromatic nitrogens is 3. The van der Waals surface area contributed by atoms with Crippen LogP contribution in [0.1, 0.15) is 24.2 Å². The van der Waals surface area contributed by atoms with E-state index < -0.39 is 10.8 Å². The molecular weight excluding hydrogens is 278 g/mol. The Bertz CT molecular complexity index is 681. The van der Waals surface area contributed by atoms with Crippen LogP contribution < -0.4 is 5.56 Å². The van der Waals surface area contributed by atoms with E-state index in [2.05, 4.69) is 10.1 Å². The second kappa shape index (κ2) is 5.96. The zero-order chi connectivity index (χ0) is 14.7. The molecule has 0 unspecified atom stereocenters. The van der Waals surface area contributed by atoms with Crippen molar-refractivity contribution < 1.29 is 4.79 Å². The molecule has 0 saturated carbocycles. The van der Waals surface area contributed by atoms with Crippen molar-refractivity contribution in [2.24, 2.45) is 5.92 Å². The predicted molar refractivity (Wildman–Crippen MR) is 76.7 cm³/mol. The molecule has 2 rings (SSSR count). The first-order valence-electron chi connectivity index (χ1n) is 6.22. The minimum absolute atomic E-state index is 0.0806. The number of hydrogen-bond donors (Lipinski definition) is 0. The van der Waals surface area contributed by atoms with Gasteiger partial charge in [0.25, 0.3) is 10.8 Å². The minimum Gasteiger partial charge on any atom is -0.275 e. The molecule has 2 aromatic rings. The maximum absolute atomic E-state index is 12.1. The van der Waals surface area contributed by atoms with Crippen molar-refractivity contribution in [3.05, 3.63) is 46.4 Å². The molecular formula is C14H14ClN3O2. The lowest BCUT2D eigenvalue weighted by Crippen LogP contribution is -2.29. The molecule has 0 aliphatic rings. The Kier molecular flexibility index (Phi) is 4.29. The van der Waals surface area contributed by atoms with Gasteiger partial charge in [-0.15, -0.1) is 0 Å². The van der Waals surface area contributed by atoms with Crippen LogP contribution in [0.15, 0.2) is 35.3 Å². The lowest BCUT2D eigenvalue weighted by Gasteiger charge is -2.10. The molecule has 0 aromatic carbocycles. The van der Waals surface area contributed by atoms with Gasteiger partial charge in [-0.1, -0.05) is 19.9 Å². The van der Waals surface area contributed by atoms with Crippen LogP contribution in [0.3, 0.4) is 0 Å². The highest BCUT2D eigenvalue weighted by molar-refractivity contribution is 6.67. The van der Waals surface area contributed by atoms with Crippen LogP contribution in [-0.4, -0.2) is 20.0 Å². The van der Waals surface area contributed by atoms with Gasteiger partial charge >= 0.3 is 0 Å². The number of nitrogens with zero attached hydrogens (tertiary/aromatic N) is 3. The van der Waals surface area contributed by atoms with Gasteiger partial charge in [0.2, 0.25) is 0 Å². The number of pyridine rings is 1. The first-order valence-corrected chi connectivity index (χ1v) is 6.60. The van der Waals surface area contributed by atoms with Crippen LogP contribution in [0.25, 0.3) is 11.4 Å². The van der Waals surface area contributed by atoms with Gasteiger partial charge in [-0.05, 0) is 35.7 Å². The topological polar surface area (TPSA) is 64.8 Å². The average Bonchev–Trinajstić information content (AvgIpc) is 2.41. The van der Waals surface area contributed by atoms with Crippen LogP contribution >= 0.6 is 11.6 Å². The molecule has 6 heteroatoms. The average molecular weight is 292 g/mol. The molecule has 0 amide bonds. The van der Waals surface area contributed by atoms with E-state index in [1.807, 2.05) is 19.9 Å². The van der Waals surface area contributed by atoms with Gasteiger partial charge in [0.15, 0.2) is 0 Å². The molecule has 0 fully saturated rings. The van der Waals surface area contributed by atoms with E-state index in [-0.39, 0.29) is 11.5 Å². The molecule has 2 aromatic heterocycles. The van der Waals surface area contributed by atoms with Crippen molar-refractivity contribution in [2.75, 3.05) is 0 Å². The van der Waals surface area contributed by atoms with Gasteiger partial charge in [-0.3, -0.25) is 14.6 Å². The SMILES string of the molecule is CC(C)Cn1nc(-c2ccccn2)cc(C(=O)Cl)c1=O. The number of rotatable bonds is 4. The number of halogens is 1. The fourth-order valence-electron chi connectivity index (χ4n) is 1.79. The van der Waals surface area contributed by atoms with Gasteiger partial charge in [0, 0.05) is 12.7 Å². The van der Waals surface area contributed by atoms with Crippen molar-refractivity contribution in [3.63, 3.8) is 0 Å². The van der Waals surface area contributed by atoms with Crippen LogP contribution in [-0.2, 0) is 6.54 Å². The summed E-state index contributed by atoms with van der Waals surface area (Å²) in [6, 6.07) is 6.73. The summed E-state index contributed by atoms with van der Waals surface area (Å²) in [5.74, 6) is 0.220. The molecule has 0 spiro atoms. The van der Waals surface area contributed by atoms with E-state index in [1.165, 1.54) is 10.7 Å². The van der Waals surface area contributed by atoms with Crippen LogP contribution in [0.5, 0.6) is 0 Å². The lowest BCUT2D eigenvalue weighted by atomic mass is 10.2. The molecule has 0 saturated heterocycles. The maximum atomic E-state index is 12.1. The normalized spacial score (nSPS) is 10.8. The highest BCUT2D eigenvalue weighted by atomic mass is 35.5. The summed E-state index contributed by atoms with van der Waals surface area (Å²) < 4.78 is 1.27. The fourth-order valence-corrected chi connectivity index (χ4v) is 1.93. The Morgan fingerprint density at radius 1 is 1.35 bits per heavy atom. The molecule has 0 bridgehead atoms. The quantitative estimate of drug-likeness (QED) is 0.811. The second-order valence-corrected chi connectivity index (χ2v) is 5.16. The van der Waals surface area contributed by atoms with Gasteiger partial charge < -0.3 is 0 Å². The van der Waals surface area contributed by atoms with E-state index in [4.69, 9.17) is 11.6 Å². The predicted octanol–water partition coefficient (Wildman–Crippen LogP) is 2.34. The molecule has 0 radical (unpaired) electrons. The maximum Gasteiger partial charge on any atom is 0.279 e. The second-order valence-electron chi connectivity index (χ2n) is 4.81. The summed E-state index contributed by atoms with van der Waals surface area (Å²) in [7, 11) is 0. The summed E-state index contributed by atoms with van der Waals surface area (Å²) in [4.78, 5) is 27.7. The monoisotopic (exact) mass is 291 g/mol. The van der Waals surface area contributed by atoms with Crippen molar-refractivity contribution in [1.82, 2.24) is 14.8 Å². The number of carbonyl (C=O) groups excluding carboxylic acids is 1. The van der Waals surface area contributed by atoms with Crippen molar-refractivity contribution in [1.29, 1.82) is 0 Å². The van der Waals surface area contributed by atoms with Crippen LogP contribution in [0, 0.1) is 5.92 Å². The third kappa shape index (κ3) is 3.11. The van der Waals surface area contributed by atoms with E-state index in [1.54, 1.807) is 18.3 Å². The first-order chi connectivity index (χ1) is 9.49. The van der Waals surface area contributed by atoms with Crippen molar-refractivity contribution >= 4 is 16.8 Å². The molecule has 0 N–H and O–H groups in total. The summed E-state index contributed by atoms with van der Waals surface area (Å²) in [6.07, 6.45) is 1.62. The van der Waals surface area contributed by atoms with Gasteiger partial charge in [0.05, 0.1) is 5.69 Å². The van der Waals surface area contributed by atoms with Crippen molar-refractivity contribution in [2.45, 2.75) is 20.4 Å². The molecule has 5 nitrogen and oxygen atoms in total. The Balaban J connectivity index is 2.62. The molecule has 20 heavy (non-hydrogen) atoms. The summed E-state index contributed by atoms with van der Waals surface area (Å²) in [5, 5.41) is 3.47. The molecule has 0 aliphatic heterocycles. The Labute approximate surface area is 121 Å². The molecule has 2 heterocycles. The summed E-state index contributed by atoms with van der Waals surface area (Å²) in [6.45, 7) is 4.34. The van der Waals surface area contributed by atoms with Gasteiger partial charge in [0.1, 0.15) is 11.3 Å². The zero-order valence-corrected chi connectivity index (χ0v) is 12.0. The molecule has 0 aliphatic carbocycles. The molecule has 104 valence electrons. The van der Waals surface area contributed by atoms with Crippen LogP contribution in [0.2, 0.25) is 0 Å². The minimum atomic E-state index is -0.785. The number of hydrogen-bond acceptors (Lipinski definition) is 4. The van der Waals surface area contributed by atoms with Crippen molar-refractivity contribution in [3.8, 4) is 11.4 Å². The first kappa shape index (κ1) is 14.4. The highest BCUT2D eigenvalue weighted by Gasteiger charge is 2.15. The van der Waals surface area contributed by atoms with E-state index in [0.29, 0.717) is 17.9 Å². The smallest absolute Gasteiger partial charge is 0.275 e.